The number of nitrogens with one attached hydrogen (secondary N) is 1. The highest BCUT2D eigenvalue weighted by Gasteiger charge is 2.23. The van der Waals surface area contributed by atoms with E-state index in [1.54, 1.807) is 7.11 Å². The summed E-state index contributed by atoms with van der Waals surface area (Å²) in [6, 6.07) is 7.89. The van der Waals surface area contributed by atoms with Gasteiger partial charge in [-0.1, -0.05) is 39.8 Å². The predicted octanol–water partition coefficient (Wildman–Crippen LogP) is 3.31. The highest BCUT2D eigenvalue weighted by atomic mass is 16.5. The Hall–Kier alpha value is -1.51. The number of rotatable bonds is 4. The summed E-state index contributed by atoms with van der Waals surface area (Å²) in [5, 5.41) is 3.08. The number of carbonyl (C=O) groups is 1. The SMILES string of the molecule is CCC(NC(=O)C(C)(C)C)c1ccc(OC)cc1. The van der Waals surface area contributed by atoms with Crippen molar-refractivity contribution in [1.82, 2.24) is 5.32 Å². The second-order valence-electron chi connectivity index (χ2n) is 5.46. The molecular formula is C15H23NO2. The molecular weight excluding hydrogens is 226 g/mol. The molecule has 1 aromatic carbocycles. The standard InChI is InChI=1S/C15H23NO2/c1-6-13(16-14(17)15(2,3)4)11-7-9-12(18-5)10-8-11/h7-10,13H,6H2,1-5H3,(H,16,17). The number of hydrogen-bond acceptors (Lipinski definition) is 2. The third-order valence-corrected chi connectivity index (χ3v) is 2.91. The molecule has 1 rings (SSSR count). The lowest BCUT2D eigenvalue weighted by Gasteiger charge is -2.24. The maximum atomic E-state index is 12.0. The Morgan fingerprint density at radius 2 is 1.83 bits per heavy atom. The molecule has 1 aromatic rings. The van der Waals surface area contributed by atoms with E-state index in [1.807, 2.05) is 45.0 Å². The maximum Gasteiger partial charge on any atom is 0.225 e. The first kappa shape index (κ1) is 14.6. The lowest BCUT2D eigenvalue weighted by atomic mass is 9.94. The minimum Gasteiger partial charge on any atom is -0.497 e. The molecule has 0 aliphatic carbocycles. The fraction of sp³-hybridized carbons (Fsp3) is 0.533. The first-order chi connectivity index (χ1) is 8.38. The molecule has 3 nitrogen and oxygen atoms in total. The van der Waals surface area contributed by atoms with Crippen LogP contribution in [0.5, 0.6) is 5.75 Å². The topological polar surface area (TPSA) is 38.3 Å². The second kappa shape index (κ2) is 5.89. The van der Waals surface area contributed by atoms with Gasteiger partial charge in [0.1, 0.15) is 5.75 Å². The van der Waals surface area contributed by atoms with Gasteiger partial charge in [0.05, 0.1) is 13.2 Å². The lowest BCUT2D eigenvalue weighted by molar-refractivity contribution is -0.129. The van der Waals surface area contributed by atoms with Crippen LogP contribution in [0.25, 0.3) is 0 Å². The van der Waals surface area contributed by atoms with Crippen LogP contribution in [0.1, 0.15) is 45.7 Å². The van der Waals surface area contributed by atoms with Gasteiger partial charge in [-0.15, -0.1) is 0 Å². The van der Waals surface area contributed by atoms with Crippen molar-refractivity contribution in [3.05, 3.63) is 29.8 Å². The highest BCUT2D eigenvalue weighted by Crippen LogP contribution is 2.22. The summed E-state index contributed by atoms with van der Waals surface area (Å²) < 4.78 is 5.13. The Bertz CT molecular complexity index is 390. The van der Waals surface area contributed by atoms with E-state index in [0.717, 1.165) is 17.7 Å². The fourth-order valence-corrected chi connectivity index (χ4v) is 1.63. The molecule has 1 unspecified atom stereocenters. The van der Waals surface area contributed by atoms with Crippen LogP contribution in [0.3, 0.4) is 0 Å². The molecule has 0 aliphatic rings. The molecule has 0 saturated heterocycles. The summed E-state index contributed by atoms with van der Waals surface area (Å²) in [6.45, 7) is 7.83. The molecule has 1 amide bonds. The molecule has 1 N–H and O–H groups in total. The van der Waals surface area contributed by atoms with Crippen molar-refractivity contribution in [2.75, 3.05) is 7.11 Å². The second-order valence-corrected chi connectivity index (χ2v) is 5.46. The van der Waals surface area contributed by atoms with Gasteiger partial charge in [-0.2, -0.15) is 0 Å². The van der Waals surface area contributed by atoms with Crippen molar-refractivity contribution in [3.8, 4) is 5.75 Å². The van der Waals surface area contributed by atoms with E-state index in [0.29, 0.717) is 0 Å². The van der Waals surface area contributed by atoms with Crippen molar-refractivity contribution < 1.29 is 9.53 Å². The van der Waals surface area contributed by atoms with Gasteiger partial charge < -0.3 is 10.1 Å². The molecule has 18 heavy (non-hydrogen) atoms. The molecule has 0 heterocycles. The van der Waals surface area contributed by atoms with Gasteiger partial charge in [-0.25, -0.2) is 0 Å². The summed E-state index contributed by atoms with van der Waals surface area (Å²) in [7, 11) is 1.65. The van der Waals surface area contributed by atoms with E-state index in [9.17, 15) is 4.79 Å². The Morgan fingerprint density at radius 3 is 2.22 bits per heavy atom. The van der Waals surface area contributed by atoms with Crippen molar-refractivity contribution in [2.45, 2.75) is 40.2 Å². The van der Waals surface area contributed by atoms with Gasteiger partial charge in [-0.3, -0.25) is 4.79 Å². The third-order valence-electron chi connectivity index (χ3n) is 2.91. The molecule has 100 valence electrons. The summed E-state index contributed by atoms with van der Waals surface area (Å²) in [5.74, 6) is 0.904. The van der Waals surface area contributed by atoms with Crippen LogP contribution in [-0.2, 0) is 4.79 Å². The number of hydrogen-bond donors (Lipinski definition) is 1. The van der Waals surface area contributed by atoms with Gasteiger partial charge in [0.25, 0.3) is 0 Å². The zero-order valence-electron chi connectivity index (χ0n) is 11.9. The van der Waals surface area contributed by atoms with Crippen molar-refractivity contribution >= 4 is 5.91 Å². The smallest absolute Gasteiger partial charge is 0.225 e. The van der Waals surface area contributed by atoms with E-state index in [2.05, 4.69) is 12.2 Å². The molecule has 0 spiro atoms. The molecule has 0 radical (unpaired) electrons. The van der Waals surface area contributed by atoms with E-state index < -0.39 is 0 Å². The van der Waals surface area contributed by atoms with E-state index in [1.165, 1.54) is 0 Å². The zero-order chi connectivity index (χ0) is 13.8. The third kappa shape index (κ3) is 3.76. The number of amides is 1. The molecule has 0 saturated carbocycles. The van der Waals surface area contributed by atoms with Crippen molar-refractivity contribution in [1.29, 1.82) is 0 Å². The Labute approximate surface area is 110 Å². The van der Waals surface area contributed by atoms with Gasteiger partial charge in [0, 0.05) is 5.41 Å². The average Bonchev–Trinajstić information content (AvgIpc) is 2.34. The molecule has 3 heteroatoms. The van der Waals surface area contributed by atoms with E-state index >= 15 is 0 Å². The molecule has 0 fully saturated rings. The minimum absolute atomic E-state index is 0.0580. The molecule has 0 aromatic heterocycles. The van der Waals surface area contributed by atoms with Gasteiger partial charge in [0.15, 0.2) is 0 Å². The number of benzene rings is 1. The van der Waals surface area contributed by atoms with Crippen LogP contribution in [-0.4, -0.2) is 13.0 Å². The lowest BCUT2D eigenvalue weighted by Crippen LogP contribution is -2.37. The molecule has 0 bridgehead atoms. The zero-order valence-corrected chi connectivity index (χ0v) is 11.9. The van der Waals surface area contributed by atoms with Crippen molar-refractivity contribution in [2.24, 2.45) is 5.41 Å². The molecule has 1 atom stereocenters. The summed E-state index contributed by atoms with van der Waals surface area (Å²) in [4.78, 5) is 12.0. The largest absolute Gasteiger partial charge is 0.497 e. The predicted molar refractivity (Wildman–Crippen MR) is 73.6 cm³/mol. The maximum absolute atomic E-state index is 12.0. The summed E-state index contributed by atoms with van der Waals surface area (Å²) >= 11 is 0. The fourth-order valence-electron chi connectivity index (χ4n) is 1.63. The Balaban J connectivity index is 2.80. The van der Waals surface area contributed by atoms with Crippen molar-refractivity contribution in [3.63, 3.8) is 0 Å². The van der Waals surface area contributed by atoms with Gasteiger partial charge in [-0.05, 0) is 24.1 Å². The number of carbonyl (C=O) groups excluding carboxylic acids is 1. The van der Waals surface area contributed by atoms with Gasteiger partial charge >= 0.3 is 0 Å². The van der Waals surface area contributed by atoms with Gasteiger partial charge in [0.2, 0.25) is 5.91 Å². The first-order valence-corrected chi connectivity index (χ1v) is 6.33. The van der Waals surface area contributed by atoms with Crippen LogP contribution in [0.15, 0.2) is 24.3 Å². The number of ether oxygens (including phenoxy) is 1. The van der Waals surface area contributed by atoms with Crippen LogP contribution in [0.2, 0.25) is 0 Å². The van der Waals surface area contributed by atoms with Crippen LogP contribution in [0, 0.1) is 5.41 Å². The summed E-state index contributed by atoms with van der Waals surface area (Å²) in [6.07, 6.45) is 0.869. The Morgan fingerprint density at radius 1 is 1.28 bits per heavy atom. The van der Waals surface area contributed by atoms with Crippen LogP contribution in [0.4, 0.5) is 0 Å². The van der Waals surface area contributed by atoms with E-state index in [4.69, 9.17) is 4.74 Å². The first-order valence-electron chi connectivity index (χ1n) is 6.33. The molecule has 0 aliphatic heterocycles. The monoisotopic (exact) mass is 249 g/mol. The van der Waals surface area contributed by atoms with Crippen LogP contribution >= 0.6 is 0 Å². The Kier molecular flexibility index (Phi) is 4.76. The normalized spacial score (nSPS) is 12.9. The minimum atomic E-state index is -0.361. The highest BCUT2D eigenvalue weighted by molar-refractivity contribution is 5.81. The number of methoxy groups -OCH3 is 1. The van der Waals surface area contributed by atoms with Crippen LogP contribution < -0.4 is 10.1 Å². The van der Waals surface area contributed by atoms with E-state index in [-0.39, 0.29) is 17.4 Å². The summed E-state index contributed by atoms with van der Waals surface area (Å²) in [5.41, 5.74) is 0.746. The average molecular weight is 249 g/mol. The quantitative estimate of drug-likeness (QED) is 0.889.